The first kappa shape index (κ1) is 26.5. The van der Waals surface area contributed by atoms with Gasteiger partial charge < -0.3 is 24.1 Å². The van der Waals surface area contributed by atoms with Crippen molar-refractivity contribution in [2.75, 3.05) is 32.8 Å². The summed E-state index contributed by atoms with van der Waals surface area (Å²) in [4.78, 5) is 30.5. The van der Waals surface area contributed by atoms with Crippen LogP contribution in [0.1, 0.15) is 68.5 Å². The lowest BCUT2D eigenvalue weighted by molar-refractivity contribution is -0.129. The summed E-state index contributed by atoms with van der Waals surface area (Å²) in [7, 11) is 0. The number of aryl methyl sites for hydroxylation is 1. The molecule has 0 saturated heterocycles. The van der Waals surface area contributed by atoms with E-state index in [0.717, 1.165) is 38.0 Å². The van der Waals surface area contributed by atoms with Crippen LogP contribution in [-0.4, -0.2) is 59.4 Å². The van der Waals surface area contributed by atoms with Crippen molar-refractivity contribution in [2.24, 2.45) is 5.92 Å². The molecule has 0 fully saturated rings. The number of furan rings is 1. The first-order chi connectivity index (χ1) is 16.8. The summed E-state index contributed by atoms with van der Waals surface area (Å²) in [5.41, 5.74) is 0.769. The minimum Gasteiger partial charge on any atom is -0.503 e. The SMILES string of the molecule is CCN(CC)CCCN1C(=O)C(O)=C(C(=O)c2ccc(C)o2)C1c1cccc(OCCC(C)C)c1. The Labute approximate surface area is 208 Å². The van der Waals surface area contributed by atoms with Crippen LogP contribution in [0.5, 0.6) is 5.75 Å². The highest BCUT2D eigenvalue weighted by Gasteiger charge is 2.44. The molecule has 0 saturated carbocycles. The molecule has 0 aliphatic carbocycles. The highest BCUT2D eigenvalue weighted by Crippen LogP contribution is 2.40. The maximum atomic E-state index is 13.4. The summed E-state index contributed by atoms with van der Waals surface area (Å²) < 4.78 is 11.5. The molecule has 1 aliphatic heterocycles. The van der Waals surface area contributed by atoms with Crippen LogP contribution >= 0.6 is 0 Å². The summed E-state index contributed by atoms with van der Waals surface area (Å²) >= 11 is 0. The molecule has 2 heterocycles. The van der Waals surface area contributed by atoms with Gasteiger partial charge in [0.2, 0.25) is 5.78 Å². The topological polar surface area (TPSA) is 83.2 Å². The number of Topliss-reactive ketones (excluding diaryl/α,β-unsaturated/α-hetero) is 1. The quantitative estimate of drug-likeness (QED) is 0.389. The van der Waals surface area contributed by atoms with E-state index in [1.54, 1.807) is 24.0 Å². The minimum atomic E-state index is -0.717. The van der Waals surface area contributed by atoms with Crippen molar-refractivity contribution in [1.82, 2.24) is 9.80 Å². The van der Waals surface area contributed by atoms with E-state index in [1.165, 1.54) is 0 Å². The second-order valence-corrected chi connectivity index (χ2v) is 9.39. The lowest BCUT2D eigenvalue weighted by Crippen LogP contribution is -2.34. The zero-order chi connectivity index (χ0) is 25.5. The lowest BCUT2D eigenvalue weighted by Gasteiger charge is -2.28. The van der Waals surface area contributed by atoms with Crippen LogP contribution in [0.15, 0.2) is 52.1 Å². The molecule has 1 N–H and O–H groups in total. The predicted molar refractivity (Wildman–Crippen MR) is 136 cm³/mol. The summed E-state index contributed by atoms with van der Waals surface area (Å²) in [6.45, 7) is 13.9. The van der Waals surface area contributed by atoms with Crippen LogP contribution in [0.25, 0.3) is 0 Å². The van der Waals surface area contributed by atoms with E-state index >= 15 is 0 Å². The smallest absolute Gasteiger partial charge is 0.290 e. The van der Waals surface area contributed by atoms with E-state index < -0.39 is 23.5 Å². The standard InChI is InChI=1S/C28H38N2O5/c1-6-29(7-2)15-9-16-30-25(21-10-8-11-22(18-21)34-17-14-19(3)4)24(27(32)28(30)33)26(31)23-13-12-20(5)35-23/h8,10-13,18-19,25,32H,6-7,9,14-17H2,1-5H3. The molecule has 0 bridgehead atoms. The molecule has 35 heavy (non-hydrogen) atoms. The van der Waals surface area contributed by atoms with Crippen molar-refractivity contribution in [3.05, 3.63) is 64.8 Å². The zero-order valence-corrected chi connectivity index (χ0v) is 21.5. The molecule has 1 unspecified atom stereocenters. The second-order valence-electron chi connectivity index (χ2n) is 9.39. The number of ketones is 1. The number of nitrogens with zero attached hydrogens (tertiary/aromatic N) is 2. The third-order valence-corrected chi connectivity index (χ3v) is 6.42. The van der Waals surface area contributed by atoms with Gasteiger partial charge in [-0.3, -0.25) is 9.59 Å². The van der Waals surface area contributed by atoms with Gasteiger partial charge in [-0.05, 0) is 75.1 Å². The van der Waals surface area contributed by atoms with E-state index in [-0.39, 0.29) is 11.3 Å². The Morgan fingerprint density at radius 3 is 2.57 bits per heavy atom. The summed E-state index contributed by atoms with van der Waals surface area (Å²) in [5, 5.41) is 10.9. The van der Waals surface area contributed by atoms with Gasteiger partial charge in [0.05, 0.1) is 18.2 Å². The van der Waals surface area contributed by atoms with Crippen LogP contribution < -0.4 is 4.74 Å². The zero-order valence-electron chi connectivity index (χ0n) is 21.5. The summed E-state index contributed by atoms with van der Waals surface area (Å²) in [6, 6.07) is 10.00. The molecule has 0 radical (unpaired) electrons. The van der Waals surface area contributed by atoms with Gasteiger partial charge in [0, 0.05) is 6.54 Å². The fourth-order valence-corrected chi connectivity index (χ4v) is 4.34. The van der Waals surface area contributed by atoms with Crippen LogP contribution in [0.3, 0.4) is 0 Å². The second kappa shape index (κ2) is 12.1. The summed E-state index contributed by atoms with van der Waals surface area (Å²) in [5.74, 6) is 0.363. The molecule has 2 aromatic rings. The molecule has 7 nitrogen and oxygen atoms in total. The third kappa shape index (κ3) is 6.34. The van der Waals surface area contributed by atoms with Gasteiger partial charge in [0.1, 0.15) is 11.5 Å². The number of hydrogen-bond acceptors (Lipinski definition) is 6. The van der Waals surface area contributed by atoms with Gasteiger partial charge in [0.25, 0.3) is 5.91 Å². The molecule has 1 aromatic carbocycles. The van der Waals surface area contributed by atoms with Crippen molar-refractivity contribution < 1.29 is 23.8 Å². The Morgan fingerprint density at radius 2 is 1.94 bits per heavy atom. The Morgan fingerprint density at radius 1 is 1.20 bits per heavy atom. The molecule has 3 rings (SSSR count). The molecule has 1 amide bonds. The molecule has 1 atom stereocenters. The van der Waals surface area contributed by atoms with Crippen molar-refractivity contribution >= 4 is 11.7 Å². The Kier molecular flexibility index (Phi) is 9.15. The van der Waals surface area contributed by atoms with E-state index in [9.17, 15) is 14.7 Å². The maximum absolute atomic E-state index is 13.4. The van der Waals surface area contributed by atoms with Gasteiger partial charge in [-0.1, -0.05) is 39.8 Å². The molecule has 190 valence electrons. The number of benzene rings is 1. The van der Waals surface area contributed by atoms with E-state index in [4.69, 9.17) is 9.15 Å². The number of ether oxygens (including phenoxy) is 1. The van der Waals surface area contributed by atoms with Gasteiger partial charge >= 0.3 is 0 Å². The maximum Gasteiger partial charge on any atom is 0.290 e. The van der Waals surface area contributed by atoms with Crippen LogP contribution in [0.4, 0.5) is 0 Å². The fraction of sp³-hybridized carbons (Fsp3) is 0.500. The average molecular weight is 483 g/mol. The number of rotatable bonds is 13. The Balaban J connectivity index is 1.93. The molecule has 1 aliphatic rings. The van der Waals surface area contributed by atoms with Gasteiger partial charge in [-0.15, -0.1) is 0 Å². The first-order valence-electron chi connectivity index (χ1n) is 12.6. The fourth-order valence-electron chi connectivity index (χ4n) is 4.34. The van der Waals surface area contributed by atoms with E-state index in [2.05, 4.69) is 32.6 Å². The highest BCUT2D eigenvalue weighted by atomic mass is 16.5. The van der Waals surface area contributed by atoms with Gasteiger partial charge in [-0.2, -0.15) is 0 Å². The van der Waals surface area contributed by atoms with Gasteiger partial charge in [-0.25, -0.2) is 0 Å². The number of hydrogen-bond donors (Lipinski definition) is 1. The van der Waals surface area contributed by atoms with Crippen LogP contribution in [-0.2, 0) is 4.79 Å². The van der Waals surface area contributed by atoms with E-state index in [1.807, 2.05) is 24.3 Å². The summed E-state index contributed by atoms with van der Waals surface area (Å²) in [6.07, 6.45) is 1.65. The normalized spacial score (nSPS) is 16.1. The number of aliphatic hydroxyl groups is 1. The molecular weight excluding hydrogens is 444 g/mol. The molecule has 7 heteroatoms. The lowest BCUT2D eigenvalue weighted by atomic mass is 9.95. The molecule has 1 aromatic heterocycles. The molecular formula is C28H38N2O5. The minimum absolute atomic E-state index is 0.0477. The number of amides is 1. The Bertz CT molecular complexity index is 1050. The van der Waals surface area contributed by atoms with Crippen molar-refractivity contribution in [3.8, 4) is 5.75 Å². The molecule has 0 spiro atoms. The largest absolute Gasteiger partial charge is 0.503 e. The number of aliphatic hydroxyl groups excluding tert-OH is 1. The van der Waals surface area contributed by atoms with Crippen molar-refractivity contribution in [1.29, 1.82) is 0 Å². The predicted octanol–water partition coefficient (Wildman–Crippen LogP) is 5.32. The third-order valence-electron chi connectivity index (χ3n) is 6.42. The number of carbonyl (C=O) groups is 2. The van der Waals surface area contributed by atoms with E-state index in [0.29, 0.717) is 30.6 Å². The highest BCUT2D eigenvalue weighted by molar-refractivity contribution is 6.15. The first-order valence-corrected chi connectivity index (χ1v) is 12.6. The van der Waals surface area contributed by atoms with Crippen molar-refractivity contribution in [3.63, 3.8) is 0 Å². The monoisotopic (exact) mass is 482 g/mol. The van der Waals surface area contributed by atoms with Crippen molar-refractivity contribution in [2.45, 2.75) is 53.5 Å². The average Bonchev–Trinajstić information content (AvgIpc) is 3.38. The van der Waals surface area contributed by atoms with Crippen LogP contribution in [0, 0.1) is 12.8 Å². The van der Waals surface area contributed by atoms with Crippen LogP contribution in [0.2, 0.25) is 0 Å². The van der Waals surface area contributed by atoms with Gasteiger partial charge in [0.15, 0.2) is 11.5 Å². The Hall–Kier alpha value is -3.06. The number of carbonyl (C=O) groups excluding carboxylic acids is 2.